The van der Waals surface area contributed by atoms with Crippen LogP contribution in [0.3, 0.4) is 0 Å². The molecule has 0 unspecified atom stereocenters. The maximum absolute atomic E-state index is 13.0. The van der Waals surface area contributed by atoms with E-state index in [-0.39, 0.29) is 11.8 Å². The number of nitrogens with two attached hydrogens (primary N) is 1. The molecule has 0 radical (unpaired) electrons. The summed E-state index contributed by atoms with van der Waals surface area (Å²) in [7, 11) is 0. The Bertz CT molecular complexity index is 848. The SMILES string of the molecule is Nc1nc(CSCCCOc2ccccc2)nc(Nc2ccc(F)cc2)n1. The van der Waals surface area contributed by atoms with Crippen LogP contribution in [-0.2, 0) is 5.75 Å². The molecule has 0 spiro atoms. The molecule has 0 saturated heterocycles. The summed E-state index contributed by atoms with van der Waals surface area (Å²) in [5.41, 5.74) is 6.44. The van der Waals surface area contributed by atoms with Crippen LogP contribution >= 0.6 is 11.8 Å². The van der Waals surface area contributed by atoms with Gasteiger partial charge in [0.05, 0.1) is 12.4 Å². The number of hydrogen-bond donors (Lipinski definition) is 2. The molecule has 0 aliphatic rings. The molecule has 2 aromatic carbocycles. The smallest absolute Gasteiger partial charge is 0.232 e. The highest BCUT2D eigenvalue weighted by Gasteiger charge is 2.06. The van der Waals surface area contributed by atoms with E-state index in [1.807, 2.05) is 30.3 Å². The van der Waals surface area contributed by atoms with Crippen molar-refractivity contribution in [2.75, 3.05) is 23.4 Å². The lowest BCUT2D eigenvalue weighted by molar-refractivity contribution is 0.318. The molecular formula is C19H20FN5OS. The van der Waals surface area contributed by atoms with Gasteiger partial charge >= 0.3 is 0 Å². The lowest BCUT2D eigenvalue weighted by atomic mass is 10.3. The van der Waals surface area contributed by atoms with Gasteiger partial charge in [-0.25, -0.2) is 4.39 Å². The Kier molecular flexibility index (Phi) is 6.81. The summed E-state index contributed by atoms with van der Waals surface area (Å²) in [4.78, 5) is 12.6. The Morgan fingerprint density at radius 2 is 1.78 bits per heavy atom. The van der Waals surface area contributed by atoms with Crippen molar-refractivity contribution in [3.63, 3.8) is 0 Å². The number of nitrogens with zero attached hydrogens (tertiary/aromatic N) is 3. The van der Waals surface area contributed by atoms with E-state index >= 15 is 0 Å². The van der Waals surface area contributed by atoms with E-state index in [1.54, 1.807) is 23.9 Å². The normalized spacial score (nSPS) is 10.6. The van der Waals surface area contributed by atoms with Crippen LogP contribution < -0.4 is 15.8 Å². The van der Waals surface area contributed by atoms with Crippen LogP contribution in [0.5, 0.6) is 5.75 Å². The largest absolute Gasteiger partial charge is 0.494 e. The zero-order valence-corrected chi connectivity index (χ0v) is 15.5. The first-order chi connectivity index (χ1) is 13.2. The van der Waals surface area contributed by atoms with Gasteiger partial charge in [0.15, 0.2) is 0 Å². The lowest BCUT2D eigenvalue weighted by Crippen LogP contribution is -2.07. The Morgan fingerprint density at radius 1 is 1.00 bits per heavy atom. The lowest BCUT2D eigenvalue weighted by Gasteiger charge is -2.08. The number of hydrogen-bond acceptors (Lipinski definition) is 7. The fraction of sp³-hybridized carbons (Fsp3) is 0.211. The fourth-order valence-electron chi connectivity index (χ4n) is 2.25. The average Bonchev–Trinajstić information content (AvgIpc) is 2.67. The molecule has 27 heavy (non-hydrogen) atoms. The van der Waals surface area contributed by atoms with E-state index in [2.05, 4.69) is 20.3 Å². The van der Waals surface area contributed by atoms with Crippen molar-refractivity contribution in [2.45, 2.75) is 12.2 Å². The third-order valence-corrected chi connectivity index (χ3v) is 4.52. The highest BCUT2D eigenvalue weighted by atomic mass is 32.2. The van der Waals surface area contributed by atoms with Crippen LogP contribution in [0.4, 0.5) is 22.0 Å². The van der Waals surface area contributed by atoms with E-state index < -0.39 is 0 Å². The molecule has 8 heteroatoms. The molecule has 1 heterocycles. The van der Waals surface area contributed by atoms with Crippen molar-refractivity contribution < 1.29 is 9.13 Å². The highest BCUT2D eigenvalue weighted by molar-refractivity contribution is 7.98. The van der Waals surface area contributed by atoms with Crippen molar-refractivity contribution >= 4 is 29.3 Å². The minimum absolute atomic E-state index is 0.151. The summed E-state index contributed by atoms with van der Waals surface area (Å²) in [5, 5.41) is 3.00. The summed E-state index contributed by atoms with van der Waals surface area (Å²) in [6.45, 7) is 0.660. The average molecular weight is 385 g/mol. The molecule has 0 saturated carbocycles. The molecule has 3 aromatic rings. The van der Waals surface area contributed by atoms with Crippen molar-refractivity contribution in [2.24, 2.45) is 0 Å². The molecule has 3 rings (SSSR count). The molecule has 0 fully saturated rings. The Hall–Kier alpha value is -2.87. The number of anilines is 3. The number of para-hydroxylation sites is 1. The molecule has 1 aromatic heterocycles. The number of rotatable bonds is 9. The number of thioether (sulfide) groups is 1. The third kappa shape index (κ3) is 6.41. The highest BCUT2D eigenvalue weighted by Crippen LogP contribution is 2.17. The van der Waals surface area contributed by atoms with Crippen molar-refractivity contribution in [1.29, 1.82) is 0 Å². The number of aromatic nitrogens is 3. The van der Waals surface area contributed by atoms with E-state index in [9.17, 15) is 4.39 Å². The molecule has 140 valence electrons. The minimum atomic E-state index is -0.302. The molecule has 0 aliphatic carbocycles. The van der Waals surface area contributed by atoms with Crippen molar-refractivity contribution in [1.82, 2.24) is 15.0 Å². The van der Waals surface area contributed by atoms with Gasteiger partial charge in [0, 0.05) is 5.69 Å². The molecule has 0 amide bonds. The van der Waals surface area contributed by atoms with Gasteiger partial charge in [-0.1, -0.05) is 18.2 Å². The van der Waals surface area contributed by atoms with Gasteiger partial charge in [-0.3, -0.25) is 0 Å². The molecule has 3 N–H and O–H groups in total. The number of benzene rings is 2. The van der Waals surface area contributed by atoms with Crippen LogP contribution in [0.25, 0.3) is 0 Å². The summed E-state index contributed by atoms with van der Waals surface area (Å²) < 4.78 is 18.6. The fourth-order valence-corrected chi connectivity index (χ4v) is 3.03. The standard InChI is InChI=1S/C19H20FN5OS/c20-14-7-9-15(10-8-14)22-19-24-17(23-18(21)25-19)13-27-12-4-11-26-16-5-2-1-3-6-16/h1-3,5-10H,4,11-13H2,(H3,21,22,23,24,25). The third-order valence-electron chi connectivity index (χ3n) is 3.48. The van der Waals surface area contributed by atoms with E-state index in [0.717, 1.165) is 17.9 Å². The minimum Gasteiger partial charge on any atom is -0.494 e. The predicted octanol–water partition coefficient (Wildman–Crippen LogP) is 4.04. The van der Waals surface area contributed by atoms with Gasteiger partial charge in [0.25, 0.3) is 0 Å². The van der Waals surface area contributed by atoms with Crippen molar-refractivity contribution in [3.8, 4) is 5.75 Å². The summed E-state index contributed by atoms with van der Waals surface area (Å²) in [5.74, 6) is 3.21. The summed E-state index contributed by atoms with van der Waals surface area (Å²) in [6, 6.07) is 15.7. The van der Waals surface area contributed by atoms with Crippen LogP contribution in [0, 0.1) is 5.82 Å². The second-order valence-electron chi connectivity index (χ2n) is 5.63. The second-order valence-corrected chi connectivity index (χ2v) is 6.74. The van der Waals surface area contributed by atoms with E-state index in [1.165, 1.54) is 12.1 Å². The van der Waals surface area contributed by atoms with Gasteiger partial charge in [-0.05, 0) is 48.6 Å². The van der Waals surface area contributed by atoms with Crippen LogP contribution in [-0.4, -0.2) is 27.3 Å². The van der Waals surface area contributed by atoms with Gasteiger partial charge < -0.3 is 15.8 Å². The quantitative estimate of drug-likeness (QED) is 0.538. The van der Waals surface area contributed by atoms with E-state index in [4.69, 9.17) is 10.5 Å². The van der Waals surface area contributed by atoms with Crippen molar-refractivity contribution in [3.05, 3.63) is 66.2 Å². The Labute approximate surface area is 161 Å². The van der Waals surface area contributed by atoms with Gasteiger partial charge in [0.2, 0.25) is 11.9 Å². The van der Waals surface area contributed by atoms with Crippen LogP contribution in [0.15, 0.2) is 54.6 Å². The van der Waals surface area contributed by atoms with Crippen LogP contribution in [0.1, 0.15) is 12.2 Å². The van der Waals surface area contributed by atoms with Crippen LogP contribution in [0.2, 0.25) is 0 Å². The first-order valence-electron chi connectivity index (χ1n) is 8.48. The first-order valence-corrected chi connectivity index (χ1v) is 9.63. The topological polar surface area (TPSA) is 86.0 Å². The second kappa shape index (κ2) is 9.72. The molecular weight excluding hydrogens is 365 g/mol. The van der Waals surface area contributed by atoms with Gasteiger partial charge in [0.1, 0.15) is 17.4 Å². The summed E-state index contributed by atoms with van der Waals surface area (Å²) >= 11 is 1.70. The molecule has 0 atom stereocenters. The zero-order valence-electron chi connectivity index (χ0n) is 14.6. The maximum Gasteiger partial charge on any atom is 0.232 e. The molecule has 0 aliphatic heterocycles. The Balaban J connectivity index is 1.44. The maximum atomic E-state index is 13.0. The number of nitrogens with one attached hydrogen (secondary N) is 1. The number of nitrogen functional groups attached to an aromatic ring is 1. The predicted molar refractivity (Wildman–Crippen MR) is 107 cm³/mol. The number of halogens is 1. The molecule has 0 bridgehead atoms. The van der Waals surface area contributed by atoms with Gasteiger partial charge in [-0.15, -0.1) is 0 Å². The van der Waals surface area contributed by atoms with Gasteiger partial charge in [-0.2, -0.15) is 26.7 Å². The molecule has 6 nitrogen and oxygen atoms in total. The monoisotopic (exact) mass is 385 g/mol. The Morgan fingerprint density at radius 3 is 2.56 bits per heavy atom. The summed E-state index contributed by atoms with van der Waals surface area (Å²) in [6.07, 6.45) is 0.917. The first kappa shape index (κ1) is 18.9. The van der Waals surface area contributed by atoms with E-state index in [0.29, 0.717) is 29.8 Å². The zero-order chi connectivity index (χ0) is 18.9. The number of ether oxygens (including phenoxy) is 1.